The largest absolute Gasteiger partial charge is 0.497 e. The maximum absolute atomic E-state index is 13.7. The van der Waals surface area contributed by atoms with Crippen LogP contribution in [0, 0.1) is 0 Å². The van der Waals surface area contributed by atoms with Gasteiger partial charge in [0.2, 0.25) is 0 Å². The van der Waals surface area contributed by atoms with Crippen LogP contribution in [0.3, 0.4) is 0 Å². The summed E-state index contributed by atoms with van der Waals surface area (Å²) >= 11 is 0. The molecule has 2 amide bonds. The van der Waals surface area contributed by atoms with Gasteiger partial charge in [0.05, 0.1) is 18.4 Å². The van der Waals surface area contributed by atoms with E-state index in [0.29, 0.717) is 42.8 Å². The highest BCUT2D eigenvalue weighted by atomic mass is 16.5. The van der Waals surface area contributed by atoms with E-state index in [2.05, 4.69) is 5.32 Å². The van der Waals surface area contributed by atoms with E-state index in [0.717, 1.165) is 17.0 Å². The number of benzene rings is 3. The van der Waals surface area contributed by atoms with E-state index in [-0.39, 0.29) is 17.9 Å². The number of likely N-dealkylation sites (tertiary alicyclic amines) is 1. The number of ether oxygens (including phenoxy) is 1. The van der Waals surface area contributed by atoms with Gasteiger partial charge >= 0.3 is 0 Å². The quantitative estimate of drug-likeness (QED) is 0.438. The number of amides is 2. The van der Waals surface area contributed by atoms with E-state index in [4.69, 9.17) is 9.84 Å². The Balaban J connectivity index is 1.34. The summed E-state index contributed by atoms with van der Waals surface area (Å²) in [6, 6.07) is 26.6. The molecular weight excluding hydrogens is 452 g/mol. The predicted molar refractivity (Wildman–Crippen MR) is 138 cm³/mol. The molecule has 1 saturated heterocycles. The highest BCUT2D eigenvalue weighted by Gasteiger charge is 2.28. The van der Waals surface area contributed by atoms with E-state index in [1.165, 1.54) is 0 Å². The number of carbonyl (C=O) groups is 2. The summed E-state index contributed by atoms with van der Waals surface area (Å²) in [5.41, 5.74) is 3.56. The van der Waals surface area contributed by atoms with Crippen LogP contribution in [-0.2, 0) is 0 Å². The maximum atomic E-state index is 13.7. The molecule has 1 aliphatic heterocycles. The van der Waals surface area contributed by atoms with Gasteiger partial charge in [-0.2, -0.15) is 5.10 Å². The van der Waals surface area contributed by atoms with Crippen molar-refractivity contribution in [3.05, 3.63) is 102 Å². The SMILES string of the molecule is COc1ccc(-c2nn(-c3ccccc3)cc2C(=O)N2CCC(NC(=O)c3ccccc3)CC2)cc1. The standard InChI is InChI=1S/C29H28N4O3/c1-36-25-14-12-21(13-15-25)27-26(20-33(31-27)24-10-6-3-7-11-24)29(35)32-18-16-23(17-19-32)30-28(34)22-8-4-2-5-9-22/h2-15,20,23H,16-19H2,1H3,(H,30,34). The third-order valence-electron chi connectivity index (χ3n) is 6.48. The minimum absolute atomic E-state index is 0.0369. The van der Waals surface area contributed by atoms with Gasteiger partial charge in [-0.05, 0) is 61.4 Å². The van der Waals surface area contributed by atoms with E-state index in [9.17, 15) is 9.59 Å². The first-order valence-electron chi connectivity index (χ1n) is 12.1. The van der Waals surface area contributed by atoms with Gasteiger partial charge in [0.25, 0.3) is 11.8 Å². The van der Waals surface area contributed by atoms with Crippen LogP contribution in [0.5, 0.6) is 5.75 Å². The smallest absolute Gasteiger partial charge is 0.257 e. The van der Waals surface area contributed by atoms with Gasteiger partial charge in [-0.3, -0.25) is 9.59 Å². The van der Waals surface area contributed by atoms with Gasteiger partial charge in [0, 0.05) is 36.5 Å². The van der Waals surface area contributed by atoms with Gasteiger partial charge in [-0.25, -0.2) is 4.68 Å². The van der Waals surface area contributed by atoms with Crippen molar-refractivity contribution in [2.45, 2.75) is 18.9 Å². The molecule has 0 unspecified atom stereocenters. The Hall–Kier alpha value is -4.39. The second kappa shape index (κ2) is 10.5. The molecule has 0 radical (unpaired) electrons. The number of piperidine rings is 1. The number of nitrogens with one attached hydrogen (secondary N) is 1. The van der Waals surface area contributed by atoms with Crippen LogP contribution in [0.25, 0.3) is 16.9 Å². The third-order valence-corrected chi connectivity index (χ3v) is 6.48. The molecule has 7 nitrogen and oxygen atoms in total. The lowest BCUT2D eigenvalue weighted by Gasteiger charge is -2.32. The number of para-hydroxylation sites is 1. The molecule has 1 fully saturated rings. The number of aromatic nitrogens is 2. The Morgan fingerprint density at radius 2 is 1.53 bits per heavy atom. The summed E-state index contributed by atoms with van der Waals surface area (Å²) in [5, 5.41) is 7.88. The third kappa shape index (κ3) is 5.00. The number of hydrogen-bond donors (Lipinski definition) is 1. The van der Waals surface area contributed by atoms with E-state index >= 15 is 0 Å². The molecule has 0 saturated carbocycles. The summed E-state index contributed by atoms with van der Waals surface area (Å²) in [6.45, 7) is 1.13. The fourth-order valence-electron chi connectivity index (χ4n) is 4.46. The zero-order valence-corrected chi connectivity index (χ0v) is 20.1. The summed E-state index contributed by atoms with van der Waals surface area (Å²) in [7, 11) is 1.62. The van der Waals surface area contributed by atoms with Crippen molar-refractivity contribution in [1.82, 2.24) is 20.0 Å². The maximum Gasteiger partial charge on any atom is 0.257 e. The van der Waals surface area contributed by atoms with Crippen LogP contribution in [0.15, 0.2) is 91.1 Å². The number of rotatable bonds is 6. The summed E-state index contributed by atoms with van der Waals surface area (Å²) in [4.78, 5) is 28.0. The van der Waals surface area contributed by atoms with Crippen molar-refractivity contribution in [3.63, 3.8) is 0 Å². The zero-order chi connectivity index (χ0) is 24.9. The van der Waals surface area contributed by atoms with Crippen LogP contribution in [-0.4, -0.2) is 52.7 Å². The highest BCUT2D eigenvalue weighted by Crippen LogP contribution is 2.28. The molecular formula is C29H28N4O3. The van der Waals surface area contributed by atoms with Crippen molar-refractivity contribution < 1.29 is 14.3 Å². The van der Waals surface area contributed by atoms with Gasteiger partial charge < -0.3 is 15.0 Å². The first-order chi connectivity index (χ1) is 17.6. The van der Waals surface area contributed by atoms with Crippen LogP contribution in [0.2, 0.25) is 0 Å². The Kier molecular flexibility index (Phi) is 6.80. The summed E-state index contributed by atoms with van der Waals surface area (Å²) < 4.78 is 7.04. The van der Waals surface area contributed by atoms with Crippen molar-refractivity contribution in [2.24, 2.45) is 0 Å². The molecule has 0 aliphatic carbocycles. The van der Waals surface area contributed by atoms with E-state index in [1.807, 2.05) is 77.7 Å². The van der Waals surface area contributed by atoms with Crippen molar-refractivity contribution in [1.29, 1.82) is 0 Å². The summed E-state index contributed by atoms with van der Waals surface area (Å²) in [6.07, 6.45) is 3.21. The minimum atomic E-state index is -0.0775. The van der Waals surface area contributed by atoms with Crippen LogP contribution in [0.1, 0.15) is 33.6 Å². The molecule has 4 aromatic rings. The van der Waals surface area contributed by atoms with Gasteiger partial charge in [0.1, 0.15) is 11.4 Å². The fourth-order valence-corrected chi connectivity index (χ4v) is 4.46. The van der Waals surface area contributed by atoms with Crippen molar-refractivity contribution in [3.8, 4) is 22.7 Å². The van der Waals surface area contributed by atoms with Crippen LogP contribution in [0.4, 0.5) is 0 Å². The Morgan fingerprint density at radius 3 is 2.17 bits per heavy atom. The summed E-state index contributed by atoms with van der Waals surface area (Å²) in [5.74, 6) is 0.607. The lowest BCUT2D eigenvalue weighted by molar-refractivity contribution is 0.0699. The van der Waals surface area contributed by atoms with Crippen molar-refractivity contribution in [2.75, 3.05) is 20.2 Å². The monoisotopic (exact) mass is 480 g/mol. The molecule has 0 bridgehead atoms. The molecule has 1 aliphatic rings. The Morgan fingerprint density at radius 1 is 0.889 bits per heavy atom. The Bertz CT molecular complexity index is 1330. The highest BCUT2D eigenvalue weighted by molar-refractivity contribution is 6.00. The molecule has 182 valence electrons. The van der Waals surface area contributed by atoms with Crippen LogP contribution >= 0.6 is 0 Å². The first-order valence-corrected chi connectivity index (χ1v) is 12.1. The number of methoxy groups -OCH3 is 1. The molecule has 3 aromatic carbocycles. The lowest BCUT2D eigenvalue weighted by atomic mass is 10.0. The molecule has 0 spiro atoms. The molecule has 7 heteroatoms. The topological polar surface area (TPSA) is 76.5 Å². The average Bonchev–Trinajstić information content (AvgIpc) is 3.40. The van der Waals surface area contributed by atoms with E-state index in [1.54, 1.807) is 30.1 Å². The predicted octanol–water partition coefficient (Wildman–Crippen LogP) is 4.58. The lowest BCUT2D eigenvalue weighted by Crippen LogP contribution is -2.46. The number of nitrogens with zero attached hydrogens (tertiary/aromatic N) is 3. The molecule has 2 heterocycles. The van der Waals surface area contributed by atoms with Gasteiger partial charge in [-0.1, -0.05) is 36.4 Å². The number of carbonyl (C=O) groups excluding carboxylic acids is 2. The molecule has 36 heavy (non-hydrogen) atoms. The molecule has 5 rings (SSSR count). The second-order valence-corrected chi connectivity index (χ2v) is 8.81. The zero-order valence-electron chi connectivity index (χ0n) is 20.1. The van der Waals surface area contributed by atoms with Crippen molar-refractivity contribution >= 4 is 11.8 Å². The average molecular weight is 481 g/mol. The van der Waals surface area contributed by atoms with E-state index < -0.39 is 0 Å². The van der Waals surface area contributed by atoms with Gasteiger partial charge in [0.15, 0.2) is 0 Å². The Labute approximate surface area is 210 Å². The second-order valence-electron chi connectivity index (χ2n) is 8.81. The fraction of sp³-hybridized carbons (Fsp3) is 0.207. The molecule has 0 atom stereocenters. The van der Waals surface area contributed by atoms with Gasteiger partial charge in [-0.15, -0.1) is 0 Å². The minimum Gasteiger partial charge on any atom is -0.497 e. The number of hydrogen-bond acceptors (Lipinski definition) is 4. The molecule has 1 N–H and O–H groups in total. The molecule has 1 aromatic heterocycles. The normalized spacial score (nSPS) is 13.9. The van der Waals surface area contributed by atoms with Crippen LogP contribution < -0.4 is 10.1 Å². The first kappa shape index (κ1) is 23.4.